The van der Waals surface area contributed by atoms with Gasteiger partial charge in [-0.05, 0) is 35.6 Å². The van der Waals surface area contributed by atoms with E-state index < -0.39 is 0 Å². The van der Waals surface area contributed by atoms with E-state index in [2.05, 4.69) is 25.5 Å². The first kappa shape index (κ1) is 21.7. The first-order valence-corrected chi connectivity index (χ1v) is 11.2. The topological polar surface area (TPSA) is 55.8 Å². The fraction of sp³-hybridized carbons (Fsp3) is 0.409. The van der Waals surface area contributed by atoms with Crippen LogP contribution < -0.4 is 0 Å². The lowest BCUT2D eigenvalue weighted by molar-refractivity contribution is -0.110. The van der Waals surface area contributed by atoms with Crippen molar-refractivity contribution in [1.82, 2.24) is 0 Å². The molecule has 0 radical (unpaired) electrons. The highest BCUT2D eigenvalue weighted by Gasteiger charge is 2.19. The Morgan fingerprint density at radius 2 is 1.48 bits per heavy atom. The highest BCUT2D eigenvalue weighted by molar-refractivity contribution is 7.35. The smallest absolute Gasteiger partial charge is 0.129 e. The van der Waals surface area contributed by atoms with E-state index in [1.165, 1.54) is 11.1 Å². The maximum atomic E-state index is 10.6. The molecule has 0 spiro atoms. The van der Waals surface area contributed by atoms with Crippen LogP contribution in [0.2, 0.25) is 0 Å². The molecule has 2 heterocycles. The van der Waals surface area contributed by atoms with Crippen molar-refractivity contribution in [2.75, 3.05) is 33.2 Å². The summed E-state index contributed by atoms with van der Waals surface area (Å²) in [4.78, 5) is 10.6. The van der Waals surface area contributed by atoms with Crippen LogP contribution in [0.25, 0.3) is 0 Å². The Morgan fingerprint density at radius 1 is 0.963 bits per heavy atom. The molecule has 27 heavy (non-hydrogen) atoms. The summed E-state index contributed by atoms with van der Waals surface area (Å²) in [5.74, 6) is 0.116. The molecule has 2 unspecified atom stereocenters. The Morgan fingerprint density at radius 3 is 2.07 bits per heavy atom. The molecule has 0 aliphatic carbocycles. The van der Waals surface area contributed by atoms with Gasteiger partial charge in [0.1, 0.15) is 6.29 Å². The number of aliphatic hydroxyl groups is 1. The van der Waals surface area contributed by atoms with Crippen LogP contribution in [0.15, 0.2) is 48.5 Å². The van der Waals surface area contributed by atoms with Crippen LogP contribution in [0.5, 0.6) is 0 Å². The van der Waals surface area contributed by atoms with Gasteiger partial charge in [0.2, 0.25) is 0 Å². The molecule has 146 valence electrons. The summed E-state index contributed by atoms with van der Waals surface area (Å²) in [6, 6.07) is 16.1. The monoisotopic (exact) mass is 388 g/mol. The van der Waals surface area contributed by atoms with Crippen molar-refractivity contribution in [1.29, 1.82) is 0 Å². The molecule has 0 aromatic heterocycles. The number of fused-ring (bicyclic) bond motifs is 2. The molecule has 2 aliphatic rings. The van der Waals surface area contributed by atoms with Crippen molar-refractivity contribution >= 4 is 14.9 Å². The van der Waals surface area contributed by atoms with Gasteiger partial charge in [-0.2, -0.15) is 0 Å². The zero-order valence-corrected chi connectivity index (χ0v) is 17.1. The van der Waals surface area contributed by atoms with Gasteiger partial charge in [0.15, 0.2) is 0 Å². The second kappa shape index (κ2) is 12.0. The van der Waals surface area contributed by atoms with Gasteiger partial charge in [-0.25, -0.2) is 0 Å². The summed E-state index contributed by atoms with van der Waals surface area (Å²) < 4.78 is 10.6. The molecule has 2 aliphatic heterocycles. The molecular weight excluding hydrogens is 359 g/mol. The highest BCUT2D eigenvalue weighted by atomic mass is 31.1. The molecule has 2 atom stereocenters. The zero-order valence-electron chi connectivity index (χ0n) is 16.1. The minimum absolute atomic E-state index is 0.0602. The lowest BCUT2D eigenvalue weighted by Crippen LogP contribution is -2.19. The number of aliphatic hydroxyl groups excluding tert-OH is 1. The Balaban J connectivity index is 0.000000170. The predicted molar refractivity (Wildman–Crippen MR) is 111 cm³/mol. The number of rotatable bonds is 2. The summed E-state index contributed by atoms with van der Waals surface area (Å²) in [5.41, 5.74) is 4.72. The molecule has 2 aromatic carbocycles. The minimum Gasteiger partial charge on any atom is -0.396 e. The largest absolute Gasteiger partial charge is 0.396 e. The molecule has 0 fully saturated rings. The van der Waals surface area contributed by atoms with Crippen LogP contribution in [-0.2, 0) is 27.5 Å². The predicted octanol–water partition coefficient (Wildman–Crippen LogP) is 3.72. The molecule has 4 rings (SSSR count). The number of benzene rings is 2. The number of aldehydes is 1. The Labute approximate surface area is 163 Å². The van der Waals surface area contributed by atoms with Crippen molar-refractivity contribution in [3.05, 3.63) is 70.8 Å². The maximum absolute atomic E-state index is 10.6. The molecular formula is C22H29O4P. The third kappa shape index (κ3) is 6.22. The third-order valence-electron chi connectivity index (χ3n) is 4.47. The van der Waals surface area contributed by atoms with Crippen molar-refractivity contribution in [3.63, 3.8) is 0 Å². The van der Waals surface area contributed by atoms with E-state index in [9.17, 15) is 4.79 Å². The van der Waals surface area contributed by atoms with E-state index in [4.69, 9.17) is 14.6 Å². The first-order chi connectivity index (χ1) is 13.2. The molecule has 0 saturated heterocycles. The van der Waals surface area contributed by atoms with Gasteiger partial charge in [-0.15, -0.1) is 8.58 Å². The van der Waals surface area contributed by atoms with E-state index in [-0.39, 0.29) is 18.4 Å². The number of carbonyl (C=O) groups excluding carboxylic acids is 1. The van der Waals surface area contributed by atoms with Crippen molar-refractivity contribution in [2.24, 2.45) is 0 Å². The second-order valence-corrected chi connectivity index (χ2v) is 7.55. The van der Waals surface area contributed by atoms with E-state index in [1.807, 2.05) is 36.4 Å². The summed E-state index contributed by atoms with van der Waals surface area (Å²) in [7, 11) is 1.08. The van der Waals surface area contributed by atoms with Gasteiger partial charge in [0.05, 0.1) is 39.0 Å². The summed E-state index contributed by atoms with van der Waals surface area (Å²) in [5, 5.41) is 9.06. The summed E-state index contributed by atoms with van der Waals surface area (Å²) >= 11 is 0. The second-order valence-electron chi connectivity index (χ2n) is 6.55. The van der Waals surface area contributed by atoms with E-state index in [0.29, 0.717) is 26.4 Å². The average Bonchev–Trinajstić information content (AvgIpc) is 2.74. The van der Waals surface area contributed by atoms with Crippen LogP contribution >= 0.6 is 8.58 Å². The van der Waals surface area contributed by atoms with Gasteiger partial charge in [-0.1, -0.05) is 48.5 Å². The van der Waals surface area contributed by atoms with E-state index in [1.54, 1.807) is 0 Å². The molecule has 4 nitrogen and oxygen atoms in total. The molecule has 5 heteroatoms. The molecule has 0 amide bonds. The molecule has 0 saturated carbocycles. The van der Waals surface area contributed by atoms with Crippen LogP contribution in [0.3, 0.4) is 0 Å². The van der Waals surface area contributed by atoms with E-state index >= 15 is 0 Å². The number of hydrogen-bond donors (Lipinski definition) is 1. The molecule has 1 N–H and O–H groups in total. The summed E-state index contributed by atoms with van der Waals surface area (Å²) in [6.45, 7) is 6.98. The van der Waals surface area contributed by atoms with Gasteiger partial charge in [-0.3, -0.25) is 0 Å². The molecule has 0 bridgehead atoms. The Hall–Kier alpha value is -1.58. The Kier molecular flexibility index (Phi) is 9.65. The first-order valence-electron chi connectivity index (χ1n) is 9.20. The van der Waals surface area contributed by atoms with Crippen molar-refractivity contribution < 1.29 is 19.4 Å². The van der Waals surface area contributed by atoms with Gasteiger partial charge < -0.3 is 19.4 Å². The lowest BCUT2D eigenvalue weighted by atomic mass is 9.94. The number of ether oxygens (including phenoxy) is 2. The normalized spacial score (nSPS) is 20.0. The number of hydrogen-bond acceptors (Lipinski definition) is 4. The number of carbonyl (C=O) groups is 1. The van der Waals surface area contributed by atoms with E-state index in [0.717, 1.165) is 26.0 Å². The van der Waals surface area contributed by atoms with Gasteiger partial charge in [0.25, 0.3) is 0 Å². The van der Waals surface area contributed by atoms with Crippen molar-refractivity contribution in [2.45, 2.75) is 25.0 Å². The average molecular weight is 388 g/mol. The fourth-order valence-electron chi connectivity index (χ4n) is 3.14. The standard InChI is InChI=1S/C10H12O2.C10H10O2.C2H7P/c2*11-5-9-7-12-6-8-3-1-2-4-10(8)9;1-3-2/h1-4,9,11H,5-7H2;1-5,9H,6-7H2;3H,1-2H3. The fourth-order valence-corrected chi connectivity index (χ4v) is 3.14. The lowest BCUT2D eigenvalue weighted by Gasteiger charge is -2.23. The van der Waals surface area contributed by atoms with Crippen LogP contribution in [0.4, 0.5) is 0 Å². The van der Waals surface area contributed by atoms with Gasteiger partial charge in [0, 0.05) is 5.92 Å². The highest BCUT2D eigenvalue weighted by Crippen LogP contribution is 2.25. The van der Waals surface area contributed by atoms with Crippen molar-refractivity contribution in [3.8, 4) is 0 Å². The third-order valence-corrected chi connectivity index (χ3v) is 4.47. The quantitative estimate of drug-likeness (QED) is 0.629. The van der Waals surface area contributed by atoms with Crippen LogP contribution in [0.1, 0.15) is 34.1 Å². The summed E-state index contributed by atoms with van der Waals surface area (Å²) in [6.07, 6.45) is 0.956. The Bertz CT molecular complexity index is 704. The maximum Gasteiger partial charge on any atom is 0.129 e. The SMILES string of the molecule is CPC.O=CC1COCc2ccccc21.OCC1COCc2ccccc21. The van der Waals surface area contributed by atoms with Crippen LogP contribution in [0, 0.1) is 0 Å². The van der Waals surface area contributed by atoms with Gasteiger partial charge >= 0.3 is 0 Å². The van der Waals surface area contributed by atoms with Crippen LogP contribution in [-0.4, -0.2) is 44.5 Å². The minimum atomic E-state index is -0.0602. The zero-order chi connectivity index (χ0) is 19.5. The molecule has 2 aromatic rings.